The maximum Gasteiger partial charge on any atom is 0.261 e. The molecular weight excluding hydrogens is 433 g/mol. The van der Waals surface area contributed by atoms with Crippen LogP contribution in [0.25, 0.3) is 16.9 Å². The molecule has 168 valence electrons. The SMILES string of the molecule is Cc1nc2c(-c3ccc(Cl)cc3F)nc(C3CCOC(C4CCOC4)C3)cn2c(=O)c1C. The number of aryl methyl sites for hydroxylation is 1. The third-order valence-corrected chi connectivity index (χ3v) is 6.94. The van der Waals surface area contributed by atoms with E-state index in [-0.39, 0.29) is 23.1 Å². The number of halogens is 2. The van der Waals surface area contributed by atoms with Crippen molar-refractivity contribution in [2.75, 3.05) is 19.8 Å². The molecule has 3 aromatic rings. The van der Waals surface area contributed by atoms with E-state index in [1.54, 1.807) is 32.2 Å². The van der Waals surface area contributed by atoms with Gasteiger partial charge in [0, 0.05) is 53.1 Å². The molecule has 3 atom stereocenters. The molecule has 3 unspecified atom stereocenters. The Morgan fingerprint density at radius 3 is 2.78 bits per heavy atom. The van der Waals surface area contributed by atoms with Gasteiger partial charge in [-0.15, -0.1) is 0 Å². The maximum absolute atomic E-state index is 14.9. The highest BCUT2D eigenvalue weighted by molar-refractivity contribution is 6.30. The molecule has 2 fully saturated rings. The summed E-state index contributed by atoms with van der Waals surface area (Å²) in [4.78, 5) is 22.6. The van der Waals surface area contributed by atoms with Crippen LogP contribution in [0.5, 0.6) is 0 Å². The van der Waals surface area contributed by atoms with Gasteiger partial charge in [0.05, 0.1) is 18.4 Å². The predicted octanol–water partition coefficient (Wildman–Crippen LogP) is 4.46. The average molecular weight is 458 g/mol. The third kappa shape index (κ3) is 3.83. The fraction of sp³-hybridized carbons (Fsp3) is 0.458. The fourth-order valence-corrected chi connectivity index (χ4v) is 4.84. The molecule has 0 spiro atoms. The lowest BCUT2D eigenvalue weighted by Crippen LogP contribution is -2.32. The Kier molecular flexibility index (Phi) is 5.73. The zero-order valence-electron chi connectivity index (χ0n) is 18.1. The molecular formula is C24H25ClFN3O3. The molecule has 32 heavy (non-hydrogen) atoms. The van der Waals surface area contributed by atoms with Gasteiger partial charge in [-0.2, -0.15) is 0 Å². The summed E-state index contributed by atoms with van der Waals surface area (Å²) in [6.07, 6.45) is 4.44. The Morgan fingerprint density at radius 2 is 2.03 bits per heavy atom. The maximum atomic E-state index is 14.9. The summed E-state index contributed by atoms with van der Waals surface area (Å²) in [6, 6.07) is 4.47. The van der Waals surface area contributed by atoms with Gasteiger partial charge in [0.1, 0.15) is 11.5 Å². The van der Waals surface area contributed by atoms with Crippen LogP contribution in [-0.2, 0) is 9.47 Å². The Hall–Kier alpha value is -2.35. The number of hydrogen-bond donors (Lipinski definition) is 0. The minimum absolute atomic E-state index is 0.0964. The smallest absolute Gasteiger partial charge is 0.261 e. The van der Waals surface area contributed by atoms with Crippen molar-refractivity contribution in [3.8, 4) is 11.3 Å². The Morgan fingerprint density at radius 1 is 1.19 bits per heavy atom. The van der Waals surface area contributed by atoms with Crippen molar-refractivity contribution in [3.05, 3.63) is 62.5 Å². The van der Waals surface area contributed by atoms with E-state index in [1.807, 2.05) is 0 Å². The van der Waals surface area contributed by atoms with Crippen LogP contribution in [0.4, 0.5) is 4.39 Å². The molecule has 0 saturated carbocycles. The summed E-state index contributed by atoms with van der Waals surface area (Å²) >= 11 is 5.97. The van der Waals surface area contributed by atoms with Crippen LogP contribution in [0.2, 0.25) is 5.02 Å². The lowest BCUT2D eigenvalue weighted by Gasteiger charge is -2.32. The van der Waals surface area contributed by atoms with E-state index in [0.717, 1.165) is 31.6 Å². The number of benzene rings is 1. The Bertz CT molecular complexity index is 1240. The van der Waals surface area contributed by atoms with Crippen molar-refractivity contribution in [1.29, 1.82) is 0 Å². The number of ether oxygens (including phenoxy) is 2. The van der Waals surface area contributed by atoms with E-state index in [1.165, 1.54) is 10.5 Å². The molecule has 0 bridgehead atoms. The van der Waals surface area contributed by atoms with Crippen molar-refractivity contribution in [2.24, 2.45) is 5.92 Å². The van der Waals surface area contributed by atoms with Gasteiger partial charge < -0.3 is 9.47 Å². The van der Waals surface area contributed by atoms with E-state index >= 15 is 0 Å². The molecule has 6 nitrogen and oxygen atoms in total. The highest BCUT2D eigenvalue weighted by Crippen LogP contribution is 2.36. The molecule has 0 radical (unpaired) electrons. The van der Waals surface area contributed by atoms with Crippen LogP contribution in [0.1, 0.15) is 42.1 Å². The summed E-state index contributed by atoms with van der Waals surface area (Å²) < 4.78 is 28.0. The highest BCUT2D eigenvalue weighted by Gasteiger charge is 2.33. The first-order valence-electron chi connectivity index (χ1n) is 11.0. The topological polar surface area (TPSA) is 65.7 Å². The van der Waals surface area contributed by atoms with Gasteiger partial charge in [-0.1, -0.05) is 11.6 Å². The van der Waals surface area contributed by atoms with Crippen molar-refractivity contribution in [1.82, 2.24) is 14.4 Å². The molecule has 2 aliphatic heterocycles. The number of hydrogen-bond acceptors (Lipinski definition) is 5. The number of nitrogens with zero attached hydrogens (tertiary/aromatic N) is 3. The summed E-state index contributed by atoms with van der Waals surface area (Å²) in [5.74, 6) is -0.0217. The fourth-order valence-electron chi connectivity index (χ4n) is 4.69. The van der Waals surface area contributed by atoms with Gasteiger partial charge in [0.15, 0.2) is 5.65 Å². The minimum Gasteiger partial charge on any atom is -0.381 e. The molecule has 2 aliphatic rings. The normalized spacial score (nSPS) is 23.7. The highest BCUT2D eigenvalue weighted by atomic mass is 35.5. The van der Waals surface area contributed by atoms with Crippen molar-refractivity contribution >= 4 is 17.2 Å². The molecule has 0 amide bonds. The third-order valence-electron chi connectivity index (χ3n) is 6.71. The van der Waals surface area contributed by atoms with Crippen LogP contribution >= 0.6 is 11.6 Å². The first-order valence-corrected chi connectivity index (χ1v) is 11.4. The standard InChI is InChI=1S/C24H25ClFN3O3/c1-13-14(2)27-23-22(18-4-3-17(25)10-19(18)26)28-20(11-29(23)24(13)30)15-6-8-32-21(9-15)16-5-7-31-12-16/h3-4,10-11,15-16,21H,5-9,12H2,1-2H3. The van der Waals surface area contributed by atoms with Gasteiger partial charge in [-0.25, -0.2) is 14.4 Å². The van der Waals surface area contributed by atoms with Crippen LogP contribution < -0.4 is 5.56 Å². The number of rotatable bonds is 3. The largest absolute Gasteiger partial charge is 0.381 e. The minimum atomic E-state index is -0.496. The zero-order chi connectivity index (χ0) is 22.4. The van der Waals surface area contributed by atoms with E-state index in [9.17, 15) is 9.18 Å². The molecule has 2 aromatic heterocycles. The summed E-state index contributed by atoms with van der Waals surface area (Å²) in [5, 5.41) is 0.301. The molecule has 1 aromatic carbocycles. The molecule has 8 heteroatoms. The van der Waals surface area contributed by atoms with Gasteiger partial charge in [-0.05, 0) is 51.3 Å². The first kappa shape index (κ1) is 21.5. The molecule has 5 rings (SSSR count). The molecule has 4 heterocycles. The lowest BCUT2D eigenvalue weighted by atomic mass is 9.86. The van der Waals surface area contributed by atoms with E-state index in [2.05, 4.69) is 4.98 Å². The Labute approximate surface area is 190 Å². The van der Waals surface area contributed by atoms with E-state index in [0.29, 0.717) is 46.8 Å². The summed E-state index contributed by atoms with van der Waals surface area (Å²) in [7, 11) is 0. The number of aromatic nitrogens is 3. The average Bonchev–Trinajstić information content (AvgIpc) is 3.33. The monoisotopic (exact) mass is 457 g/mol. The number of fused-ring (bicyclic) bond motifs is 1. The zero-order valence-corrected chi connectivity index (χ0v) is 18.9. The molecule has 0 aliphatic carbocycles. The molecule has 2 saturated heterocycles. The van der Waals surface area contributed by atoms with E-state index < -0.39 is 5.82 Å². The second-order valence-electron chi connectivity index (χ2n) is 8.71. The van der Waals surface area contributed by atoms with Crippen LogP contribution in [0.3, 0.4) is 0 Å². The van der Waals surface area contributed by atoms with Gasteiger partial charge in [0.25, 0.3) is 5.56 Å². The lowest BCUT2D eigenvalue weighted by molar-refractivity contribution is -0.0311. The summed E-state index contributed by atoms with van der Waals surface area (Å²) in [5.41, 5.74) is 2.72. The van der Waals surface area contributed by atoms with Crippen LogP contribution in [0.15, 0.2) is 29.2 Å². The predicted molar refractivity (Wildman–Crippen MR) is 120 cm³/mol. The second-order valence-corrected chi connectivity index (χ2v) is 9.15. The summed E-state index contributed by atoms with van der Waals surface area (Å²) in [6.45, 7) is 5.63. The quantitative estimate of drug-likeness (QED) is 0.580. The second kappa shape index (κ2) is 8.54. The van der Waals surface area contributed by atoms with E-state index in [4.69, 9.17) is 26.1 Å². The van der Waals surface area contributed by atoms with Crippen molar-refractivity contribution in [2.45, 2.75) is 45.1 Å². The molecule has 0 N–H and O–H groups in total. The van der Waals surface area contributed by atoms with Crippen molar-refractivity contribution in [3.63, 3.8) is 0 Å². The van der Waals surface area contributed by atoms with Crippen molar-refractivity contribution < 1.29 is 13.9 Å². The van der Waals surface area contributed by atoms with Crippen LogP contribution in [-0.4, -0.2) is 40.3 Å². The van der Waals surface area contributed by atoms with Gasteiger partial charge in [-0.3, -0.25) is 9.20 Å². The first-order chi connectivity index (χ1) is 15.4. The van der Waals surface area contributed by atoms with Crippen LogP contribution in [0, 0.1) is 25.6 Å². The van der Waals surface area contributed by atoms with Gasteiger partial charge in [0.2, 0.25) is 0 Å². The Balaban J connectivity index is 1.66. The van der Waals surface area contributed by atoms with Gasteiger partial charge >= 0.3 is 0 Å².